The quantitative estimate of drug-likeness (QED) is 0.811. The van der Waals surface area contributed by atoms with Gasteiger partial charge in [0.05, 0.1) is 5.69 Å². The van der Waals surface area contributed by atoms with Crippen molar-refractivity contribution >= 4 is 0 Å². The highest BCUT2D eigenvalue weighted by atomic mass is 16.2. The van der Waals surface area contributed by atoms with Gasteiger partial charge in [0, 0.05) is 57.8 Å². The molecule has 0 aromatic carbocycles. The molecule has 0 saturated carbocycles. The summed E-state index contributed by atoms with van der Waals surface area (Å²) in [6, 6.07) is 0. The standard InChI is InChI=1S/C13H19N5O2/c1-9-10(8-17(3)15-9)5-14-6-11-7-16(2)13(20)18(4)12(11)19/h7-8,14H,5-6H2,1-4H3. The van der Waals surface area contributed by atoms with E-state index in [1.165, 1.54) is 11.6 Å². The van der Waals surface area contributed by atoms with Crippen LogP contribution >= 0.6 is 0 Å². The molecule has 2 aromatic rings. The summed E-state index contributed by atoms with van der Waals surface area (Å²) < 4.78 is 4.29. The molecule has 0 atom stereocenters. The van der Waals surface area contributed by atoms with E-state index in [0.29, 0.717) is 18.7 Å². The molecule has 0 fully saturated rings. The SMILES string of the molecule is Cc1nn(C)cc1CNCc1cn(C)c(=O)n(C)c1=O. The predicted molar refractivity (Wildman–Crippen MR) is 75.4 cm³/mol. The summed E-state index contributed by atoms with van der Waals surface area (Å²) >= 11 is 0. The zero-order chi connectivity index (χ0) is 14.9. The second-order valence-electron chi connectivity index (χ2n) is 4.93. The van der Waals surface area contributed by atoms with Gasteiger partial charge in [0.1, 0.15) is 0 Å². The molecule has 1 N–H and O–H groups in total. The largest absolute Gasteiger partial charge is 0.330 e. The molecule has 0 amide bonds. The van der Waals surface area contributed by atoms with Gasteiger partial charge >= 0.3 is 5.69 Å². The Bertz CT molecular complexity index is 738. The molecular weight excluding hydrogens is 258 g/mol. The van der Waals surface area contributed by atoms with Gasteiger partial charge in [-0.25, -0.2) is 4.79 Å². The molecule has 0 aliphatic carbocycles. The van der Waals surface area contributed by atoms with Crippen LogP contribution in [0, 0.1) is 6.92 Å². The lowest BCUT2D eigenvalue weighted by atomic mass is 10.2. The minimum Gasteiger partial charge on any atom is -0.308 e. The molecule has 108 valence electrons. The number of hydrogen-bond donors (Lipinski definition) is 1. The fraction of sp³-hybridized carbons (Fsp3) is 0.462. The molecule has 2 rings (SSSR count). The molecule has 0 spiro atoms. The summed E-state index contributed by atoms with van der Waals surface area (Å²) in [6.45, 7) is 2.99. The zero-order valence-electron chi connectivity index (χ0n) is 12.2. The van der Waals surface area contributed by atoms with Crippen molar-refractivity contribution in [2.45, 2.75) is 20.0 Å². The molecule has 0 unspecified atom stereocenters. The van der Waals surface area contributed by atoms with Crippen molar-refractivity contribution < 1.29 is 0 Å². The second kappa shape index (κ2) is 5.46. The lowest BCUT2D eigenvalue weighted by Gasteiger charge is -2.07. The molecule has 0 aliphatic rings. The van der Waals surface area contributed by atoms with Gasteiger partial charge in [-0.3, -0.25) is 14.0 Å². The first-order chi connectivity index (χ1) is 9.40. The Kier molecular flexibility index (Phi) is 3.89. The first-order valence-electron chi connectivity index (χ1n) is 6.35. The molecule has 7 heteroatoms. The Morgan fingerprint density at radius 3 is 2.35 bits per heavy atom. The Morgan fingerprint density at radius 1 is 1.10 bits per heavy atom. The maximum absolute atomic E-state index is 11.9. The molecule has 2 aromatic heterocycles. The lowest BCUT2D eigenvalue weighted by molar-refractivity contribution is 0.629. The van der Waals surface area contributed by atoms with Crippen LogP contribution in [0.3, 0.4) is 0 Å². The van der Waals surface area contributed by atoms with Crippen molar-refractivity contribution in [1.29, 1.82) is 0 Å². The normalized spacial score (nSPS) is 11.0. The summed E-state index contributed by atoms with van der Waals surface area (Å²) in [7, 11) is 5.00. The van der Waals surface area contributed by atoms with Gasteiger partial charge in [-0.2, -0.15) is 5.10 Å². The fourth-order valence-electron chi connectivity index (χ4n) is 2.16. The first-order valence-corrected chi connectivity index (χ1v) is 6.35. The number of nitrogens with one attached hydrogen (secondary N) is 1. The average molecular weight is 277 g/mol. The van der Waals surface area contributed by atoms with Gasteiger partial charge in [-0.1, -0.05) is 0 Å². The number of aromatic nitrogens is 4. The minimum absolute atomic E-state index is 0.261. The summed E-state index contributed by atoms with van der Waals surface area (Å²) in [5.74, 6) is 0. The Balaban J connectivity index is 2.11. The van der Waals surface area contributed by atoms with E-state index in [0.717, 1.165) is 15.8 Å². The van der Waals surface area contributed by atoms with Gasteiger partial charge in [0.25, 0.3) is 5.56 Å². The van der Waals surface area contributed by atoms with Gasteiger partial charge in [-0.05, 0) is 6.92 Å². The van der Waals surface area contributed by atoms with Crippen molar-refractivity contribution in [3.63, 3.8) is 0 Å². The second-order valence-corrected chi connectivity index (χ2v) is 4.93. The summed E-state index contributed by atoms with van der Waals surface area (Å²) in [5.41, 5.74) is 2.05. The summed E-state index contributed by atoms with van der Waals surface area (Å²) in [6.07, 6.45) is 3.52. The van der Waals surface area contributed by atoms with Crippen LogP contribution in [0.2, 0.25) is 0 Å². The Labute approximate surface area is 116 Å². The fourth-order valence-corrected chi connectivity index (χ4v) is 2.16. The summed E-state index contributed by atoms with van der Waals surface area (Å²) in [5, 5.41) is 7.46. The number of nitrogens with zero attached hydrogens (tertiary/aromatic N) is 4. The van der Waals surface area contributed by atoms with Crippen molar-refractivity contribution in [3.05, 3.63) is 50.1 Å². The maximum Gasteiger partial charge on any atom is 0.330 e. The zero-order valence-corrected chi connectivity index (χ0v) is 12.2. The van der Waals surface area contributed by atoms with Crippen LogP contribution < -0.4 is 16.6 Å². The van der Waals surface area contributed by atoms with E-state index in [9.17, 15) is 9.59 Å². The maximum atomic E-state index is 11.9. The predicted octanol–water partition coefficient (Wildman–Crippen LogP) is -0.584. The van der Waals surface area contributed by atoms with Gasteiger partial charge in [0.15, 0.2) is 0 Å². The van der Waals surface area contributed by atoms with Crippen molar-refractivity contribution in [3.8, 4) is 0 Å². The van der Waals surface area contributed by atoms with E-state index < -0.39 is 0 Å². The third-order valence-corrected chi connectivity index (χ3v) is 3.26. The van der Waals surface area contributed by atoms with E-state index in [1.54, 1.807) is 17.9 Å². The smallest absolute Gasteiger partial charge is 0.308 e. The minimum atomic E-state index is -0.318. The average Bonchev–Trinajstić information content (AvgIpc) is 2.71. The van der Waals surface area contributed by atoms with E-state index >= 15 is 0 Å². The molecule has 20 heavy (non-hydrogen) atoms. The molecule has 0 bridgehead atoms. The molecule has 0 radical (unpaired) electrons. The summed E-state index contributed by atoms with van der Waals surface area (Å²) in [4.78, 5) is 23.5. The number of aryl methyl sites for hydroxylation is 3. The van der Waals surface area contributed by atoms with Crippen molar-refractivity contribution in [2.75, 3.05) is 0 Å². The highest BCUT2D eigenvalue weighted by Gasteiger charge is 2.07. The van der Waals surface area contributed by atoms with Crippen LogP contribution in [0.5, 0.6) is 0 Å². The molecule has 7 nitrogen and oxygen atoms in total. The van der Waals surface area contributed by atoms with E-state index in [1.807, 2.05) is 20.2 Å². The van der Waals surface area contributed by atoms with Crippen LogP contribution in [-0.2, 0) is 34.2 Å². The highest BCUT2D eigenvalue weighted by molar-refractivity contribution is 5.15. The van der Waals surface area contributed by atoms with Gasteiger partial charge in [-0.15, -0.1) is 0 Å². The van der Waals surface area contributed by atoms with E-state index in [-0.39, 0.29) is 11.2 Å². The highest BCUT2D eigenvalue weighted by Crippen LogP contribution is 2.03. The third kappa shape index (κ3) is 2.72. The number of hydrogen-bond acceptors (Lipinski definition) is 4. The lowest BCUT2D eigenvalue weighted by Crippen LogP contribution is -2.39. The van der Waals surface area contributed by atoms with Gasteiger partial charge in [0.2, 0.25) is 0 Å². The Morgan fingerprint density at radius 2 is 1.75 bits per heavy atom. The molecule has 0 saturated heterocycles. The van der Waals surface area contributed by atoms with Crippen LogP contribution in [0.4, 0.5) is 0 Å². The van der Waals surface area contributed by atoms with Crippen LogP contribution in [-0.4, -0.2) is 18.9 Å². The molecule has 2 heterocycles. The van der Waals surface area contributed by atoms with Crippen LogP contribution in [0.15, 0.2) is 22.0 Å². The Hall–Kier alpha value is -2.15. The van der Waals surface area contributed by atoms with Crippen LogP contribution in [0.1, 0.15) is 16.8 Å². The molecular formula is C13H19N5O2. The topological polar surface area (TPSA) is 73.8 Å². The van der Waals surface area contributed by atoms with Crippen LogP contribution in [0.25, 0.3) is 0 Å². The number of rotatable bonds is 4. The van der Waals surface area contributed by atoms with Crippen molar-refractivity contribution in [2.24, 2.45) is 21.1 Å². The first kappa shape index (κ1) is 14.3. The third-order valence-electron chi connectivity index (χ3n) is 3.26. The van der Waals surface area contributed by atoms with E-state index in [4.69, 9.17) is 0 Å². The van der Waals surface area contributed by atoms with Gasteiger partial charge < -0.3 is 9.88 Å². The monoisotopic (exact) mass is 277 g/mol. The van der Waals surface area contributed by atoms with Crippen molar-refractivity contribution in [1.82, 2.24) is 24.2 Å². The van der Waals surface area contributed by atoms with E-state index in [2.05, 4.69) is 10.4 Å². The molecule has 0 aliphatic heterocycles.